The number of halogens is 6. The summed E-state index contributed by atoms with van der Waals surface area (Å²) in [5.41, 5.74) is 0. The lowest BCUT2D eigenvalue weighted by atomic mass is 10.6. The highest BCUT2D eigenvalue weighted by atomic mass is 19.4. The molecule has 9 heteroatoms. The summed E-state index contributed by atoms with van der Waals surface area (Å²) in [6.45, 7) is 0. The van der Waals surface area contributed by atoms with Crippen molar-refractivity contribution in [1.29, 1.82) is 0 Å². The van der Waals surface area contributed by atoms with Gasteiger partial charge in [0.2, 0.25) is 0 Å². The second-order valence-electron chi connectivity index (χ2n) is 2.04. The van der Waals surface area contributed by atoms with Crippen LogP contribution in [0.3, 0.4) is 0 Å². The van der Waals surface area contributed by atoms with E-state index in [1.807, 2.05) is 0 Å². The average molecular weight is 210 g/mol. The van der Waals surface area contributed by atoms with Crippen LogP contribution in [0.25, 0.3) is 0 Å². The van der Waals surface area contributed by atoms with Gasteiger partial charge in [-0.15, -0.1) is 0 Å². The monoisotopic (exact) mass is 210 g/mol. The van der Waals surface area contributed by atoms with Crippen molar-refractivity contribution in [3.05, 3.63) is 0 Å². The summed E-state index contributed by atoms with van der Waals surface area (Å²) in [6.07, 6.45) is -10.8. The predicted molar refractivity (Wildman–Crippen MR) is 22.0 cm³/mol. The molecule has 0 aliphatic carbocycles. The van der Waals surface area contributed by atoms with E-state index in [1.54, 1.807) is 0 Å². The van der Waals surface area contributed by atoms with Gasteiger partial charge in [0, 0.05) is 0 Å². The number of esters is 1. The smallest absolute Gasteiger partial charge is 0.391 e. The molecule has 1 aliphatic heterocycles. The third kappa shape index (κ3) is 1.43. The molecule has 0 radical (unpaired) electrons. The van der Waals surface area contributed by atoms with Gasteiger partial charge in [-0.25, -0.2) is 9.53 Å². The van der Waals surface area contributed by atoms with E-state index in [2.05, 4.69) is 9.47 Å². The third-order valence-electron chi connectivity index (χ3n) is 1.06. The molecule has 1 saturated heterocycles. The zero-order chi connectivity index (χ0) is 10.5. The minimum atomic E-state index is -5.86. The summed E-state index contributed by atoms with van der Waals surface area (Å²) in [6, 6.07) is -5.06. The van der Waals surface area contributed by atoms with Crippen LogP contribution in [0.1, 0.15) is 0 Å². The van der Waals surface area contributed by atoms with Crippen molar-refractivity contribution in [3.63, 3.8) is 0 Å². The highest BCUT2D eigenvalue weighted by Crippen LogP contribution is 2.45. The van der Waals surface area contributed by atoms with Crippen LogP contribution >= 0.6 is 0 Å². The summed E-state index contributed by atoms with van der Waals surface area (Å²) >= 11 is 0. The molecule has 1 heterocycles. The fourth-order valence-electron chi connectivity index (χ4n) is 0.522. The van der Waals surface area contributed by atoms with Crippen LogP contribution in [-0.4, -0.2) is 24.3 Å². The summed E-state index contributed by atoms with van der Waals surface area (Å²) in [7, 11) is 0. The molecule has 0 N–H and O–H groups in total. The van der Waals surface area contributed by atoms with Crippen molar-refractivity contribution in [3.8, 4) is 0 Å². The first-order chi connectivity index (χ1) is 5.58. The minimum absolute atomic E-state index is 2.52. The number of rotatable bonds is 0. The van der Waals surface area contributed by atoms with E-state index in [0.29, 0.717) is 0 Å². The fourth-order valence-corrected chi connectivity index (χ4v) is 0.522. The van der Waals surface area contributed by atoms with Gasteiger partial charge in [-0.2, -0.15) is 26.3 Å². The molecule has 13 heavy (non-hydrogen) atoms. The number of cyclic esters (lactones) is 1. The summed E-state index contributed by atoms with van der Waals surface area (Å²) in [5.74, 6) is -2.72. The van der Waals surface area contributed by atoms with Crippen molar-refractivity contribution in [2.24, 2.45) is 0 Å². The maximum absolute atomic E-state index is 12.3. The molecule has 1 unspecified atom stereocenters. The Labute approximate surface area is 66.2 Å². The Balaban J connectivity index is 2.96. The van der Waals surface area contributed by atoms with Gasteiger partial charge >= 0.3 is 24.3 Å². The average Bonchev–Trinajstić information content (AvgIpc) is 2.01. The van der Waals surface area contributed by atoms with Crippen molar-refractivity contribution in [2.75, 3.05) is 0 Å². The standard InChI is InChI=1S/C4F6O3/c5-2(6)1(11)12-4(10,13-2)3(7,8)9. The summed E-state index contributed by atoms with van der Waals surface area (Å²) < 4.78 is 76.0. The second-order valence-corrected chi connectivity index (χ2v) is 2.04. The quantitative estimate of drug-likeness (QED) is 0.447. The number of alkyl halides is 6. The Bertz CT molecular complexity index is 247. The van der Waals surface area contributed by atoms with Gasteiger partial charge in [-0.3, -0.25) is 0 Å². The molecule has 0 amide bonds. The highest BCUT2D eigenvalue weighted by molar-refractivity contribution is 5.77. The number of ether oxygens (including phenoxy) is 2. The first-order valence-electron chi connectivity index (χ1n) is 2.65. The normalized spacial score (nSPS) is 33.2. The van der Waals surface area contributed by atoms with Crippen LogP contribution in [0, 0.1) is 0 Å². The van der Waals surface area contributed by atoms with Gasteiger partial charge in [-0.05, 0) is 0 Å². The molecule has 0 aromatic carbocycles. The van der Waals surface area contributed by atoms with Crippen molar-refractivity contribution >= 4 is 5.97 Å². The van der Waals surface area contributed by atoms with Crippen molar-refractivity contribution < 1.29 is 40.6 Å². The lowest BCUT2D eigenvalue weighted by Gasteiger charge is -2.18. The van der Waals surface area contributed by atoms with E-state index in [0.717, 1.165) is 0 Å². The molecule has 0 saturated carbocycles. The van der Waals surface area contributed by atoms with Gasteiger partial charge in [0.1, 0.15) is 0 Å². The topological polar surface area (TPSA) is 35.5 Å². The number of hydrogen-bond donors (Lipinski definition) is 0. The molecule has 0 aromatic rings. The molecule has 1 atom stereocenters. The predicted octanol–water partition coefficient (Wildman–Crippen LogP) is 1.34. The van der Waals surface area contributed by atoms with Gasteiger partial charge in [-0.1, -0.05) is 0 Å². The van der Waals surface area contributed by atoms with Gasteiger partial charge in [0.25, 0.3) is 0 Å². The molecule has 0 aromatic heterocycles. The van der Waals surface area contributed by atoms with E-state index in [1.165, 1.54) is 0 Å². The van der Waals surface area contributed by atoms with E-state index < -0.39 is 24.3 Å². The van der Waals surface area contributed by atoms with E-state index in [4.69, 9.17) is 0 Å². The summed E-state index contributed by atoms with van der Waals surface area (Å²) in [4.78, 5) is 9.92. The lowest BCUT2D eigenvalue weighted by Crippen LogP contribution is -2.43. The maximum Gasteiger partial charge on any atom is 0.491 e. The van der Waals surface area contributed by atoms with Crippen molar-refractivity contribution in [2.45, 2.75) is 18.3 Å². The Hall–Kier alpha value is -0.990. The fraction of sp³-hybridized carbons (Fsp3) is 0.750. The van der Waals surface area contributed by atoms with Crippen LogP contribution in [0.2, 0.25) is 0 Å². The minimum Gasteiger partial charge on any atom is -0.391 e. The molecular weight excluding hydrogens is 210 g/mol. The largest absolute Gasteiger partial charge is 0.491 e. The van der Waals surface area contributed by atoms with Crippen LogP contribution in [-0.2, 0) is 14.3 Å². The highest BCUT2D eigenvalue weighted by Gasteiger charge is 2.74. The number of carbonyl (C=O) groups excluding carboxylic acids is 1. The zero-order valence-corrected chi connectivity index (χ0v) is 5.49. The molecular formula is C4F6O3. The van der Waals surface area contributed by atoms with E-state index in [-0.39, 0.29) is 0 Å². The number of hydrogen-bond acceptors (Lipinski definition) is 3. The Morgan fingerprint density at radius 3 is 1.77 bits per heavy atom. The molecule has 0 spiro atoms. The summed E-state index contributed by atoms with van der Waals surface area (Å²) in [5, 5.41) is 0. The first kappa shape index (κ1) is 10.1. The SMILES string of the molecule is O=C1OC(F)(C(F)(F)F)OC1(F)F. The van der Waals surface area contributed by atoms with E-state index in [9.17, 15) is 31.1 Å². The van der Waals surface area contributed by atoms with Gasteiger partial charge < -0.3 is 4.74 Å². The maximum atomic E-state index is 12.3. The lowest BCUT2D eigenvalue weighted by molar-refractivity contribution is -0.429. The zero-order valence-electron chi connectivity index (χ0n) is 5.49. The first-order valence-corrected chi connectivity index (χ1v) is 2.65. The van der Waals surface area contributed by atoms with Gasteiger partial charge in [0.05, 0.1) is 0 Å². The van der Waals surface area contributed by atoms with Gasteiger partial charge in [0.15, 0.2) is 0 Å². The second kappa shape index (κ2) is 2.28. The Morgan fingerprint density at radius 2 is 1.62 bits per heavy atom. The third-order valence-corrected chi connectivity index (χ3v) is 1.06. The van der Waals surface area contributed by atoms with Crippen LogP contribution in [0.5, 0.6) is 0 Å². The molecule has 76 valence electrons. The molecule has 1 aliphatic rings. The molecule has 1 rings (SSSR count). The van der Waals surface area contributed by atoms with Crippen molar-refractivity contribution in [1.82, 2.24) is 0 Å². The van der Waals surface area contributed by atoms with E-state index >= 15 is 0 Å². The molecule has 0 bridgehead atoms. The Morgan fingerprint density at radius 1 is 1.15 bits per heavy atom. The van der Waals surface area contributed by atoms with Crippen LogP contribution in [0.4, 0.5) is 26.3 Å². The Kier molecular flexibility index (Phi) is 1.77. The van der Waals surface area contributed by atoms with Crippen LogP contribution < -0.4 is 0 Å². The van der Waals surface area contributed by atoms with Crippen LogP contribution in [0.15, 0.2) is 0 Å². The molecule has 1 fully saturated rings. The number of carbonyl (C=O) groups is 1. The molecule has 3 nitrogen and oxygen atoms in total.